The molecular formula is C23H19F3O2. The Balaban J connectivity index is 1.89. The lowest BCUT2D eigenvalue weighted by Crippen LogP contribution is -2.16. The van der Waals surface area contributed by atoms with Crippen LogP contribution >= 0.6 is 0 Å². The zero-order valence-electron chi connectivity index (χ0n) is 15.5. The molecule has 0 bridgehead atoms. The molecule has 0 aromatic heterocycles. The summed E-state index contributed by atoms with van der Waals surface area (Å²) in [7, 11) is 0. The molecule has 0 atom stereocenters. The molecular weight excluding hydrogens is 365 g/mol. The van der Waals surface area contributed by atoms with E-state index in [4.69, 9.17) is 4.74 Å². The summed E-state index contributed by atoms with van der Waals surface area (Å²) in [6.07, 6.45) is -0.909. The summed E-state index contributed by atoms with van der Waals surface area (Å²) in [5.41, 5.74) is 4.08. The highest BCUT2D eigenvalue weighted by molar-refractivity contribution is 5.70. The van der Waals surface area contributed by atoms with E-state index in [1.807, 2.05) is 68.5 Å². The normalized spacial score (nSPS) is 11.6. The Morgan fingerprint density at radius 3 is 2.00 bits per heavy atom. The second-order valence-electron chi connectivity index (χ2n) is 6.24. The maximum Gasteiger partial charge on any atom is 0.573 e. The first-order valence-electron chi connectivity index (χ1n) is 8.71. The van der Waals surface area contributed by atoms with Crippen molar-refractivity contribution in [2.24, 2.45) is 0 Å². The standard InChI is InChI=1S/C23H19F3O2/c1-3-4-18-9-10-19(17-7-5-16(2)6-8-17)15-22(18)27-20-11-13-21(14-12-20)28-23(24,25)26/h3-15H,1-2H3/b4-3+. The van der Waals surface area contributed by atoms with Crippen LogP contribution in [0.5, 0.6) is 17.2 Å². The van der Waals surface area contributed by atoms with Gasteiger partial charge < -0.3 is 9.47 Å². The lowest BCUT2D eigenvalue weighted by Gasteiger charge is -2.13. The molecule has 5 heteroatoms. The van der Waals surface area contributed by atoms with Gasteiger partial charge in [0.25, 0.3) is 0 Å². The molecule has 0 N–H and O–H groups in total. The molecule has 0 radical (unpaired) electrons. The lowest BCUT2D eigenvalue weighted by molar-refractivity contribution is -0.274. The molecule has 28 heavy (non-hydrogen) atoms. The van der Waals surface area contributed by atoms with Crippen molar-refractivity contribution in [3.63, 3.8) is 0 Å². The van der Waals surface area contributed by atoms with Crippen molar-refractivity contribution in [3.8, 4) is 28.4 Å². The van der Waals surface area contributed by atoms with Crippen LogP contribution in [0.1, 0.15) is 18.1 Å². The van der Waals surface area contributed by atoms with Gasteiger partial charge in [-0.05, 0) is 55.3 Å². The maximum absolute atomic E-state index is 12.3. The van der Waals surface area contributed by atoms with E-state index in [-0.39, 0.29) is 5.75 Å². The predicted molar refractivity (Wildman–Crippen MR) is 105 cm³/mol. The molecule has 144 valence electrons. The summed E-state index contributed by atoms with van der Waals surface area (Å²) in [6.45, 7) is 3.93. The number of allylic oxidation sites excluding steroid dienone is 1. The van der Waals surface area contributed by atoms with Crippen molar-refractivity contribution in [3.05, 3.63) is 83.9 Å². The Hall–Kier alpha value is -3.21. The minimum absolute atomic E-state index is 0.290. The minimum Gasteiger partial charge on any atom is -0.457 e. The van der Waals surface area contributed by atoms with Crippen molar-refractivity contribution in [2.45, 2.75) is 20.2 Å². The highest BCUT2D eigenvalue weighted by Gasteiger charge is 2.31. The van der Waals surface area contributed by atoms with Crippen LogP contribution in [0.2, 0.25) is 0 Å². The molecule has 0 aliphatic carbocycles. The Morgan fingerprint density at radius 2 is 1.39 bits per heavy atom. The number of aryl methyl sites for hydroxylation is 1. The van der Waals surface area contributed by atoms with Crippen molar-refractivity contribution in [1.29, 1.82) is 0 Å². The van der Waals surface area contributed by atoms with Gasteiger partial charge in [0.1, 0.15) is 17.2 Å². The number of alkyl halides is 3. The molecule has 2 nitrogen and oxygen atoms in total. The van der Waals surface area contributed by atoms with E-state index in [0.717, 1.165) is 16.7 Å². The molecule has 0 heterocycles. The third kappa shape index (κ3) is 5.16. The van der Waals surface area contributed by atoms with Crippen LogP contribution < -0.4 is 9.47 Å². The van der Waals surface area contributed by atoms with E-state index in [1.54, 1.807) is 0 Å². The minimum atomic E-state index is -4.72. The van der Waals surface area contributed by atoms with Gasteiger partial charge in [-0.1, -0.05) is 54.1 Å². The second-order valence-corrected chi connectivity index (χ2v) is 6.24. The largest absolute Gasteiger partial charge is 0.573 e. The predicted octanol–water partition coefficient (Wildman–Crippen LogP) is 7.39. The summed E-state index contributed by atoms with van der Waals surface area (Å²) >= 11 is 0. The molecule has 0 unspecified atom stereocenters. The van der Waals surface area contributed by atoms with E-state index < -0.39 is 6.36 Å². The van der Waals surface area contributed by atoms with Gasteiger partial charge in [-0.2, -0.15) is 0 Å². The van der Waals surface area contributed by atoms with Crippen molar-refractivity contribution >= 4 is 6.08 Å². The van der Waals surface area contributed by atoms with Crippen molar-refractivity contribution < 1.29 is 22.6 Å². The molecule has 3 rings (SSSR count). The average Bonchev–Trinajstić information content (AvgIpc) is 2.64. The topological polar surface area (TPSA) is 18.5 Å². The summed E-state index contributed by atoms with van der Waals surface area (Å²) in [4.78, 5) is 0. The van der Waals surface area contributed by atoms with E-state index in [1.165, 1.54) is 29.8 Å². The molecule has 0 fully saturated rings. The van der Waals surface area contributed by atoms with Gasteiger partial charge in [0.05, 0.1) is 0 Å². The van der Waals surface area contributed by atoms with E-state index >= 15 is 0 Å². The Labute approximate surface area is 161 Å². The first-order valence-corrected chi connectivity index (χ1v) is 8.71. The molecule has 0 amide bonds. The first kappa shape index (κ1) is 19.5. The number of ether oxygens (including phenoxy) is 2. The first-order chi connectivity index (χ1) is 13.3. The van der Waals surface area contributed by atoms with Crippen molar-refractivity contribution in [2.75, 3.05) is 0 Å². The van der Waals surface area contributed by atoms with Crippen LogP contribution in [0, 0.1) is 6.92 Å². The Morgan fingerprint density at radius 1 is 0.786 bits per heavy atom. The fourth-order valence-corrected chi connectivity index (χ4v) is 2.70. The number of hydrogen-bond donors (Lipinski definition) is 0. The zero-order chi connectivity index (χ0) is 20.1. The lowest BCUT2D eigenvalue weighted by atomic mass is 10.0. The van der Waals surface area contributed by atoms with Crippen LogP contribution in [0.4, 0.5) is 13.2 Å². The maximum atomic E-state index is 12.3. The Bertz CT molecular complexity index is 957. The second kappa shape index (κ2) is 8.21. The number of rotatable bonds is 5. The third-order valence-electron chi connectivity index (χ3n) is 4.03. The molecule has 0 aliphatic rings. The number of halogens is 3. The molecule has 0 spiro atoms. The van der Waals surface area contributed by atoms with E-state index in [9.17, 15) is 13.2 Å². The molecule has 0 saturated carbocycles. The van der Waals surface area contributed by atoms with Crippen LogP contribution in [-0.4, -0.2) is 6.36 Å². The smallest absolute Gasteiger partial charge is 0.457 e. The number of hydrogen-bond acceptors (Lipinski definition) is 2. The van der Waals surface area contributed by atoms with Crippen LogP contribution in [0.3, 0.4) is 0 Å². The number of benzene rings is 3. The van der Waals surface area contributed by atoms with Gasteiger partial charge in [-0.25, -0.2) is 0 Å². The summed E-state index contributed by atoms with van der Waals surface area (Å²) < 4.78 is 46.7. The van der Waals surface area contributed by atoms with Gasteiger partial charge >= 0.3 is 6.36 Å². The summed E-state index contributed by atoms with van der Waals surface area (Å²) in [5, 5.41) is 0. The van der Waals surface area contributed by atoms with E-state index in [2.05, 4.69) is 4.74 Å². The molecule has 0 aliphatic heterocycles. The molecule has 0 saturated heterocycles. The highest BCUT2D eigenvalue weighted by atomic mass is 19.4. The summed E-state index contributed by atoms with van der Waals surface area (Å²) in [6, 6.07) is 19.4. The van der Waals surface area contributed by atoms with Crippen LogP contribution in [0.25, 0.3) is 17.2 Å². The van der Waals surface area contributed by atoms with Gasteiger partial charge in [-0.3, -0.25) is 0 Å². The monoisotopic (exact) mass is 384 g/mol. The SMILES string of the molecule is C/C=C/c1ccc(-c2ccc(C)cc2)cc1Oc1ccc(OC(F)(F)F)cc1. The fourth-order valence-electron chi connectivity index (χ4n) is 2.70. The molecule has 3 aromatic rings. The van der Waals surface area contributed by atoms with Crippen LogP contribution in [0.15, 0.2) is 72.8 Å². The van der Waals surface area contributed by atoms with Crippen LogP contribution in [-0.2, 0) is 0 Å². The average molecular weight is 384 g/mol. The van der Waals surface area contributed by atoms with Gasteiger partial charge in [0, 0.05) is 5.56 Å². The van der Waals surface area contributed by atoms with E-state index in [0.29, 0.717) is 11.5 Å². The quantitative estimate of drug-likeness (QED) is 0.457. The van der Waals surface area contributed by atoms with Crippen molar-refractivity contribution in [1.82, 2.24) is 0 Å². The van der Waals surface area contributed by atoms with Gasteiger partial charge in [0.15, 0.2) is 0 Å². The highest BCUT2D eigenvalue weighted by Crippen LogP contribution is 2.33. The Kier molecular flexibility index (Phi) is 5.73. The fraction of sp³-hybridized carbons (Fsp3) is 0.130. The third-order valence-corrected chi connectivity index (χ3v) is 4.03. The van der Waals surface area contributed by atoms with Gasteiger partial charge in [-0.15, -0.1) is 13.2 Å². The molecule has 3 aromatic carbocycles. The summed E-state index contributed by atoms with van der Waals surface area (Å²) in [5.74, 6) is 0.740. The zero-order valence-corrected chi connectivity index (χ0v) is 15.5. The van der Waals surface area contributed by atoms with Gasteiger partial charge in [0.2, 0.25) is 0 Å².